The van der Waals surface area contributed by atoms with Gasteiger partial charge in [0.15, 0.2) is 5.17 Å². The van der Waals surface area contributed by atoms with E-state index in [4.69, 9.17) is 5.73 Å². The van der Waals surface area contributed by atoms with E-state index in [2.05, 4.69) is 15.2 Å². The summed E-state index contributed by atoms with van der Waals surface area (Å²) >= 11 is 1.50. The summed E-state index contributed by atoms with van der Waals surface area (Å²) in [4.78, 5) is 3.93. The van der Waals surface area contributed by atoms with Crippen molar-refractivity contribution >= 4 is 22.6 Å². The zero-order chi connectivity index (χ0) is 9.10. The van der Waals surface area contributed by atoms with Gasteiger partial charge < -0.3 is 5.73 Å². The zero-order valence-corrected chi connectivity index (χ0v) is 7.66. The third kappa shape index (κ3) is 1.86. The van der Waals surface area contributed by atoms with Crippen molar-refractivity contribution in [1.29, 1.82) is 0 Å². The molecule has 0 atom stereocenters. The van der Waals surface area contributed by atoms with Gasteiger partial charge in [-0.15, -0.1) is 5.10 Å². The van der Waals surface area contributed by atoms with Crippen molar-refractivity contribution < 1.29 is 0 Å². The van der Waals surface area contributed by atoms with Crippen LogP contribution in [0, 0.1) is 0 Å². The predicted octanol–water partition coefficient (Wildman–Crippen LogP) is 0.847. The van der Waals surface area contributed by atoms with E-state index in [1.54, 1.807) is 12.4 Å². The molecule has 0 aromatic carbocycles. The fourth-order valence-electron chi connectivity index (χ4n) is 0.995. The third-order valence-corrected chi connectivity index (χ3v) is 2.43. The Kier molecular flexibility index (Phi) is 2.27. The zero-order valence-electron chi connectivity index (χ0n) is 6.84. The molecule has 2 N–H and O–H groups in total. The van der Waals surface area contributed by atoms with Crippen LogP contribution in [-0.2, 0) is 0 Å². The van der Waals surface area contributed by atoms with E-state index in [1.807, 2.05) is 12.1 Å². The molecule has 0 bridgehead atoms. The second kappa shape index (κ2) is 3.57. The molecule has 66 valence electrons. The molecule has 13 heavy (non-hydrogen) atoms. The van der Waals surface area contributed by atoms with Gasteiger partial charge in [-0.05, 0) is 12.1 Å². The van der Waals surface area contributed by atoms with Gasteiger partial charge in [-0.2, -0.15) is 5.10 Å². The summed E-state index contributed by atoms with van der Waals surface area (Å²) in [6.45, 7) is 0. The number of hydrogen-bond acceptors (Lipinski definition) is 5. The molecule has 0 radical (unpaired) electrons. The fourth-order valence-corrected chi connectivity index (χ4v) is 1.60. The van der Waals surface area contributed by atoms with Crippen molar-refractivity contribution in [3.05, 3.63) is 30.1 Å². The largest absolute Gasteiger partial charge is 0.377 e. The lowest BCUT2D eigenvalue weighted by molar-refractivity contribution is 1.21. The normalized spacial score (nSPS) is 16.3. The fraction of sp³-hybridized carbons (Fsp3) is 0.125. The number of pyridine rings is 1. The Morgan fingerprint density at radius 3 is 2.62 bits per heavy atom. The number of nitrogens with two attached hydrogens (primary N) is 1. The Morgan fingerprint density at radius 2 is 2.00 bits per heavy atom. The first kappa shape index (κ1) is 8.25. The molecule has 0 unspecified atom stereocenters. The van der Waals surface area contributed by atoms with Gasteiger partial charge in [0, 0.05) is 23.7 Å². The maximum atomic E-state index is 5.47. The molecule has 4 nitrogen and oxygen atoms in total. The van der Waals surface area contributed by atoms with Gasteiger partial charge in [0.05, 0.1) is 5.71 Å². The molecule has 5 heteroatoms. The average Bonchev–Trinajstić information content (AvgIpc) is 2.20. The van der Waals surface area contributed by atoms with Gasteiger partial charge in [-0.1, -0.05) is 11.8 Å². The lowest BCUT2D eigenvalue weighted by Crippen LogP contribution is -2.16. The minimum Gasteiger partial charge on any atom is -0.377 e. The highest BCUT2D eigenvalue weighted by Gasteiger charge is 2.09. The average molecular weight is 192 g/mol. The minimum absolute atomic E-state index is 0.526. The molecule has 1 aromatic heterocycles. The van der Waals surface area contributed by atoms with Crippen LogP contribution in [0.2, 0.25) is 0 Å². The Hall–Kier alpha value is -1.36. The molecule has 2 heterocycles. The highest BCUT2D eigenvalue weighted by Crippen LogP contribution is 2.12. The summed E-state index contributed by atoms with van der Waals surface area (Å²) < 4.78 is 0. The van der Waals surface area contributed by atoms with Crippen LogP contribution in [0.15, 0.2) is 34.7 Å². The highest BCUT2D eigenvalue weighted by atomic mass is 32.2. The van der Waals surface area contributed by atoms with Crippen LogP contribution >= 0.6 is 11.8 Å². The van der Waals surface area contributed by atoms with Crippen LogP contribution in [0.5, 0.6) is 0 Å². The predicted molar refractivity (Wildman–Crippen MR) is 54.9 cm³/mol. The SMILES string of the molecule is NC1=NN=C(c2ccncc2)CS1. The lowest BCUT2D eigenvalue weighted by atomic mass is 10.2. The van der Waals surface area contributed by atoms with Crippen LogP contribution in [0.1, 0.15) is 5.56 Å². The third-order valence-electron chi connectivity index (χ3n) is 1.64. The van der Waals surface area contributed by atoms with Crippen molar-refractivity contribution in [3.63, 3.8) is 0 Å². The molecule has 0 fully saturated rings. The van der Waals surface area contributed by atoms with E-state index in [1.165, 1.54) is 11.8 Å². The van der Waals surface area contributed by atoms with Crippen LogP contribution in [-0.4, -0.2) is 21.6 Å². The molecule has 0 saturated heterocycles. The van der Waals surface area contributed by atoms with Gasteiger partial charge in [-0.3, -0.25) is 4.98 Å². The molecular weight excluding hydrogens is 184 g/mol. The second-order valence-electron chi connectivity index (χ2n) is 2.51. The highest BCUT2D eigenvalue weighted by molar-refractivity contribution is 8.14. The van der Waals surface area contributed by atoms with E-state index < -0.39 is 0 Å². The molecular formula is C8H8N4S. The van der Waals surface area contributed by atoms with E-state index >= 15 is 0 Å². The van der Waals surface area contributed by atoms with E-state index in [0.717, 1.165) is 17.0 Å². The second-order valence-corrected chi connectivity index (χ2v) is 3.51. The van der Waals surface area contributed by atoms with E-state index in [-0.39, 0.29) is 0 Å². The Labute approximate surface area is 80.0 Å². The lowest BCUT2D eigenvalue weighted by Gasteiger charge is -2.07. The molecule has 0 aliphatic carbocycles. The summed E-state index contributed by atoms with van der Waals surface area (Å²) in [6, 6.07) is 3.83. The number of hydrogen-bond donors (Lipinski definition) is 1. The first-order chi connectivity index (χ1) is 6.36. The van der Waals surface area contributed by atoms with Crippen molar-refractivity contribution in [2.24, 2.45) is 15.9 Å². The number of amidine groups is 1. The Bertz CT molecular complexity index is 358. The van der Waals surface area contributed by atoms with Crippen molar-refractivity contribution in [1.82, 2.24) is 4.98 Å². The summed E-state index contributed by atoms with van der Waals surface area (Å²) in [5, 5.41) is 8.35. The van der Waals surface area contributed by atoms with Gasteiger partial charge >= 0.3 is 0 Å². The maximum absolute atomic E-state index is 5.47. The quantitative estimate of drug-likeness (QED) is 0.717. The molecule has 0 spiro atoms. The molecule has 0 saturated carbocycles. The maximum Gasteiger partial charge on any atom is 0.180 e. The van der Waals surface area contributed by atoms with Crippen LogP contribution < -0.4 is 5.73 Å². The first-order valence-electron chi connectivity index (χ1n) is 3.79. The summed E-state index contributed by atoms with van der Waals surface area (Å²) in [5.41, 5.74) is 7.47. The number of nitrogens with zero attached hydrogens (tertiary/aromatic N) is 3. The summed E-state index contributed by atoms with van der Waals surface area (Å²) in [5.74, 6) is 0.777. The van der Waals surface area contributed by atoms with Crippen LogP contribution in [0.25, 0.3) is 0 Å². The van der Waals surface area contributed by atoms with Crippen molar-refractivity contribution in [3.8, 4) is 0 Å². The van der Waals surface area contributed by atoms with Gasteiger partial charge in [-0.25, -0.2) is 0 Å². The molecule has 1 aliphatic heterocycles. The van der Waals surface area contributed by atoms with Crippen LogP contribution in [0.3, 0.4) is 0 Å². The molecule has 0 amide bonds. The Balaban J connectivity index is 2.29. The van der Waals surface area contributed by atoms with Gasteiger partial charge in [0.1, 0.15) is 0 Å². The van der Waals surface area contributed by atoms with Gasteiger partial charge in [0.25, 0.3) is 0 Å². The standard InChI is InChI=1S/C8H8N4S/c9-8-12-11-7(5-13-8)6-1-3-10-4-2-6/h1-4H,5H2,(H2,9,12). The minimum atomic E-state index is 0.526. The summed E-state index contributed by atoms with van der Waals surface area (Å²) in [6.07, 6.45) is 3.48. The van der Waals surface area contributed by atoms with Gasteiger partial charge in [0.2, 0.25) is 0 Å². The summed E-state index contributed by atoms with van der Waals surface area (Å²) in [7, 11) is 0. The van der Waals surface area contributed by atoms with Crippen LogP contribution in [0.4, 0.5) is 0 Å². The van der Waals surface area contributed by atoms with E-state index in [9.17, 15) is 0 Å². The number of aromatic nitrogens is 1. The monoisotopic (exact) mass is 192 g/mol. The number of thioether (sulfide) groups is 1. The molecule has 1 aromatic rings. The van der Waals surface area contributed by atoms with E-state index in [0.29, 0.717) is 5.17 Å². The van der Waals surface area contributed by atoms with Crippen molar-refractivity contribution in [2.45, 2.75) is 0 Å². The Morgan fingerprint density at radius 1 is 1.23 bits per heavy atom. The van der Waals surface area contributed by atoms with Crippen molar-refractivity contribution in [2.75, 3.05) is 5.75 Å². The smallest absolute Gasteiger partial charge is 0.180 e. The topological polar surface area (TPSA) is 63.6 Å². The number of rotatable bonds is 1. The molecule has 1 aliphatic rings. The molecule has 2 rings (SSSR count). The first-order valence-corrected chi connectivity index (χ1v) is 4.78.